The Morgan fingerprint density at radius 1 is 1.33 bits per heavy atom. The molecule has 0 bridgehead atoms. The summed E-state index contributed by atoms with van der Waals surface area (Å²) in [7, 11) is 0. The first kappa shape index (κ1) is 21.8. The normalized spacial score (nSPS) is 13.4. The highest BCUT2D eigenvalue weighted by Crippen LogP contribution is 2.28. The number of nitrogens with zero attached hydrogens (tertiary/aromatic N) is 4. The molecule has 3 aromatic heterocycles. The molecule has 0 fully saturated rings. The lowest BCUT2D eigenvalue weighted by Gasteiger charge is -2.31. The largest absolute Gasteiger partial charge is 0.489 e. The minimum absolute atomic E-state index is 0.199. The summed E-state index contributed by atoms with van der Waals surface area (Å²) < 4.78 is 7.60. The number of nitrogens with one attached hydrogen (secondary N) is 1. The molecule has 3 heterocycles. The van der Waals surface area contributed by atoms with Crippen molar-refractivity contribution in [2.24, 2.45) is 5.92 Å². The number of carboxylic acid groups (broad SMARTS) is 1. The molecule has 2 N–H and O–H groups in total. The van der Waals surface area contributed by atoms with Crippen LogP contribution in [0.5, 0.6) is 5.75 Å². The molecule has 9 heteroatoms. The van der Waals surface area contributed by atoms with Gasteiger partial charge >= 0.3 is 6.09 Å². The number of amides is 1. The van der Waals surface area contributed by atoms with E-state index in [2.05, 4.69) is 20.4 Å². The minimum Gasteiger partial charge on any atom is -0.489 e. The average molecular weight is 432 g/mol. The molecular weight excluding hydrogens is 406 g/mol. The smallest absolute Gasteiger partial charge is 0.405 e. The number of halogens is 1. The van der Waals surface area contributed by atoms with Crippen molar-refractivity contribution >= 4 is 23.3 Å². The predicted octanol–water partition coefficient (Wildman–Crippen LogP) is 4.51. The highest BCUT2D eigenvalue weighted by atomic mass is 35.5. The Kier molecular flexibility index (Phi) is 6.17. The number of carbonyl (C=O) groups is 1. The van der Waals surface area contributed by atoms with E-state index in [-0.39, 0.29) is 6.61 Å². The summed E-state index contributed by atoms with van der Waals surface area (Å²) in [6.07, 6.45) is 1.39. The van der Waals surface area contributed by atoms with E-state index in [4.69, 9.17) is 16.3 Å². The van der Waals surface area contributed by atoms with Gasteiger partial charge in [-0.2, -0.15) is 5.10 Å². The summed E-state index contributed by atoms with van der Waals surface area (Å²) in [6.45, 7) is 9.86. The molecule has 0 radical (unpaired) electrons. The number of hydrogen-bond acceptors (Lipinski definition) is 5. The van der Waals surface area contributed by atoms with Crippen LogP contribution in [-0.4, -0.2) is 42.9 Å². The van der Waals surface area contributed by atoms with E-state index in [1.54, 1.807) is 16.8 Å². The average Bonchev–Trinajstić information content (AvgIpc) is 2.98. The second kappa shape index (κ2) is 8.47. The van der Waals surface area contributed by atoms with Crippen molar-refractivity contribution in [3.63, 3.8) is 0 Å². The van der Waals surface area contributed by atoms with Crippen LogP contribution in [0.2, 0.25) is 5.15 Å². The van der Waals surface area contributed by atoms with E-state index in [0.29, 0.717) is 40.3 Å². The molecule has 0 aliphatic carbocycles. The predicted molar refractivity (Wildman–Crippen MR) is 115 cm³/mol. The van der Waals surface area contributed by atoms with Gasteiger partial charge in [0.15, 0.2) is 10.8 Å². The third kappa shape index (κ3) is 4.99. The van der Waals surface area contributed by atoms with E-state index in [0.717, 1.165) is 11.3 Å². The number of aryl methyl sites for hydroxylation is 2. The Morgan fingerprint density at radius 2 is 2.07 bits per heavy atom. The zero-order valence-electron chi connectivity index (χ0n) is 17.7. The molecule has 0 saturated heterocycles. The molecule has 1 unspecified atom stereocenters. The molecule has 3 rings (SSSR count). The number of imidazole rings is 1. The van der Waals surface area contributed by atoms with Crippen LogP contribution in [0.15, 0.2) is 24.4 Å². The minimum atomic E-state index is -1.07. The Labute approximate surface area is 180 Å². The van der Waals surface area contributed by atoms with Crippen LogP contribution in [0.3, 0.4) is 0 Å². The van der Waals surface area contributed by atoms with E-state index in [1.807, 2.05) is 46.8 Å². The molecule has 1 atom stereocenters. The van der Waals surface area contributed by atoms with Gasteiger partial charge in [-0.15, -0.1) is 0 Å². The number of aromatic nitrogens is 4. The SMILES string of the molecule is Cc1cn2nc(Cl)cc(-c3ccc(OCC(C)(CC(C)C)NC(=O)O)c(C)n3)c2n1. The maximum atomic E-state index is 11.2. The quantitative estimate of drug-likeness (QED) is 0.570. The number of pyridine rings is 1. The second-order valence-electron chi connectivity index (χ2n) is 8.19. The fraction of sp³-hybridized carbons (Fsp3) is 0.429. The third-order valence-electron chi connectivity index (χ3n) is 4.64. The molecule has 30 heavy (non-hydrogen) atoms. The molecule has 0 saturated carbocycles. The summed E-state index contributed by atoms with van der Waals surface area (Å²) in [5, 5.41) is 16.4. The monoisotopic (exact) mass is 431 g/mol. The van der Waals surface area contributed by atoms with Crippen LogP contribution in [0.4, 0.5) is 4.79 Å². The Balaban J connectivity index is 1.86. The summed E-state index contributed by atoms with van der Waals surface area (Å²) in [6, 6.07) is 5.40. The van der Waals surface area contributed by atoms with Gasteiger partial charge < -0.3 is 15.2 Å². The summed E-state index contributed by atoms with van der Waals surface area (Å²) in [5.74, 6) is 0.903. The van der Waals surface area contributed by atoms with Crippen molar-refractivity contribution in [3.8, 4) is 17.0 Å². The fourth-order valence-corrected chi connectivity index (χ4v) is 3.83. The van der Waals surface area contributed by atoms with Crippen LogP contribution in [0.25, 0.3) is 16.9 Å². The molecule has 0 aliphatic heterocycles. The molecule has 0 aromatic carbocycles. The van der Waals surface area contributed by atoms with E-state index in [9.17, 15) is 9.90 Å². The first-order valence-corrected chi connectivity index (χ1v) is 10.1. The summed E-state index contributed by atoms with van der Waals surface area (Å²) >= 11 is 6.17. The molecule has 160 valence electrons. The Morgan fingerprint density at radius 3 is 2.70 bits per heavy atom. The van der Waals surface area contributed by atoms with Gasteiger partial charge in [0.25, 0.3) is 0 Å². The highest BCUT2D eigenvalue weighted by molar-refractivity contribution is 6.29. The molecule has 8 nitrogen and oxygen atoms in total. The standard InChI is InChI=1S/C21H26ClN5O3/c1-12(2)9-21(5,25-20(28)29)11-30-17-7-6-16(24-14(17)4)15-8-18(22)26-27-10-13(3)23-19(15)27/h6-8,10,12,25H,9,11H2,1-5H3,(H,28,29). The lowest BCUT2D eigenvalue weighted by molar-refractivity contribution is 0.142. The van der Waals surface area contributed by atoms with Crippen LogP contribution in [0, 0.1) is 19.8 Å². The summed E-state index contributed by atoms with van der Waals surface area (Å²) in [4.78, 5) is 20.4. The zero-order valence-corrected chi connectivity index (χ0v) is 18.5. The lowest BCUT2D eigenvalue weighted by Crippen LogP contribution is -2.50. The molecule has 0 aliphatic rings. The van der Waals surface area contributed by atoms with Gasteiger partial charge in [-0.3, -0.25) is 0 Å². The second-order valence-corrected chi connectivity index (χ2v) is 8.58. The Bertz CT molecular complexity index is 1080. The van der Waals surface area contributed by atoms with E-state index >= 15 is 0 Å². The van der Waals surface area contributed by atoms with Gasteiger partial charge in [0.2, 0.25) is 0 Å². The van der Waals surface area contributed by atoms with Crippen molar-refractivity contribution in [1.82, 2.24) is 24.9 Å². The van der Waals surface area contributed by atoms with Gasteiger partial charge in [0, 0.05) is 5.56 Å². The van der Waals surface area contributed by atoms with Crippen molar-refractivity contribution in [1.29, 1.82) is 0 Å². The van der Waals surface area contributed by atoms with Gasteiger partial charge in [-0.1, -0.05) is 25.4 Å². The number of hydrogen-bond donors (Lipinski definition) is 2. The van der Waals surface area contributed by atoms with Gasteiger partial charge in [0.05, 0.1) is 28.8 Å². The first-order valence-electron chi connectivity index (χ1n) is 9.71. The summed E-state index contributed by atoms with van der Waals surface area (Å²) in [5.41, 5.74) is 2.96. The number of fused-ring (bicyclic) bond motifs is 1. The van der Waals surface area contributed by atoms with Crippen molar-refractivity contribution in [2.45, 2.75) is 46.6 Å². The van der Waals surface area contributed by atoms with Gasteiger partial charge in [-0.05, 0) is 51.3 Å². The number of ether oxygens (including phenoxy) is 1. The van der Waals surface area contributed by atoms with Gasteiger partial charge in [0.1, 0.15) is 12.4 Å². The van der Waals surface area contributed by atoms with Crippen LogP contribution < -0.4 is 10.1 Å². The van der Waals surface area contributed by atoms with Crippen LogP contribution in [-0.2, 0) is 0 Å². The zero-order chi connectivity index (χ0) is 22.1. The molecule has 0 spiro atoms. The maximum absolute atomic E-state index is 11.2. The van der Waals surface area contributed by atoms with Crippen LogP contribution in [0.1, 0.15) is 38.6 Å². The van der Waals surface area contributed by atoms with Gasteiger partial charge in [-0.25, -0.2) is 19.3 Å². The lowest BCUT2D eigenvalue weighted by atomic mass is 9.91. The first-order chi connectivity index (χ1) is 14.1. The van der Waals surface area contributed by atoms with Crippen molar-refractivity contribution in [2.75, 3.05) is 6.61 Å². The number of rotatable bonds is 7. The van der Waals surface area contributed by atoms with E-state index < -0.39 is 11.6 Å². The van der Waals surface area contributed by atoms with E-state index in [1.165, 1.54) is 0 Å². The topological polar surface area (TPSA) is 102 Å². The maximum Gasteiger partial charge on any atom is 0.405 e. The highest BCUT2D eigenvalue weighted by Gasteiger charge is 2.29. The molecule has 3 aromatic rings. The van der Waals surface area contributed by atoms with Crippen molar-refractivity contribution in [3.05, 3.63) is 40.9 Å². The fourth-order valence-electron chi connectivity index (χ4n) is 3.64. The molecular formula is C21H26ClN5O3. The van der Waals surface area contributed by atoms with Crippen molar-refractivity contribution < 1.29 is 14.6 Å². The third-order valence-corrected chi connectivity index (χ3v) is 4.83. The van der Waals surface area contributed by atoms with Crippen LogP contribution >= 0.6 is 11.6 Å². The molecule has 1 amide bonds. The Hall–Kier alpha value is -2.87.